The van der Waals surface area contributed by atoms with Gasteiger partial charge in [0.2, 0.25) is 0 Å². The summed E-state index contributed by atoms with van der Waals surface area (Å²) in [4.78, 5) is 24.6. The highest BCUT2D eigenvalue weighted by molar-refractivity contribution is 6.30. The van der Waals surface area contributed by atoms with Crippen LogP contribution in [0.4, 0.5) is 4.39 Å². The van der Waals surface area contributed by atoms with E-state index >= 15 is 0 Å². The number of likely N-dealkylation sites (tertiary alicyclic amines) is 1. The van der Waals surface area contributed by atoms with Crippen molar-refractivity contribution in [3.8, 4) is 0 Å². The van der Waals surface area contributed by atoms with Crippen molar-refractivity contribution in [3.63, 3.8) is 0 Å². The molecule has 1 aliphatic heterocycles. The first-order valence-electron chi connectivity index (χ1n) is 5.90. The monoisotopic (exact) mass is 285 g/mol. The quantitative estimate of drug-likeness (QED) is 0.908. The van der Waals surface area contributed by atoms with Gasteiger partial charge in [-0.3, -0.25) is 4.79 Å². The summed E-state index contributed by atoms with van der Waals surface area (Å²) in [5.74, 6) is -2.54. The largest absolute Gasteiger partial charge is 0.480 e. The Kier molecular flexibility index (Phi) is 3.75. The molecule has 2 atom stereocenters. The van der Waals surface area contributed by atoms with E-state index in [0.717, 1.165) is 6.07 Å². The summed E-state index contributed by atoms with van der Waals surface area (Å²) in [6.45, 7) is 2.09. The predicted octanol–water partition coefficient (Wildman–Crippen LogP) is 2.41. The molecule has 1 N–H and O–H groups in total. The fourth-order valence-corrected chi connectivity index (χ4v) is 2.53. The van der Waals surface area contributed by atoms with Gasteiger partial charge in [-0.15, -0.1) is 0 Å². The topological polar surface area (TPSA) is 57.6 Å². The van der Waals surface area contributed by atoms with Crippen molar-refractivity contribution in [3.05, 3.63) is 34.6 Å². The van der Waals surface area contributed by atoms with Crippen LogP contribution in [-0.2, 0) is 4.79 Å². The van der Waals surface area contributed by atoms with Crippen LogP contribution in [0, 0.1) is 11.7 Å². The number of aliphatic carboxylic acids is 1. The van der Waals surface area contributed by atoms with E-state index in [9.17, 15) is 14.0 Å². The maximum Gasteiger partial charge on any atom is 0.326 e. The maximum atomic E-state index is 13.7. The summed E-state index contributed by atoms with van der Waals surface area (Å²) in [5, 5.41) is 9.35. The first kappa shape index (κ1) is 13.8. The summed E-state index contributed by atoms with van der Waals surface area (Å²) < 4.78 is 13.7. The number of carbonyl (C=O) groups excluding carboxylic acids is 1. The molecule has 2 rings (SSSR count). The smallest absolute Gasteiger partial charge is 0.326 e. The number of halogens is 2. The predicted molar refractivity (Wildman–Crippen MR) is 67.7 cm³/mol. The van der Waals surface area contributed by atoms with E-state index in [1.807, 2.05) is 0 Å². The number of amides is 1. The molecule has 0 saturated carbocycles. The molecular formula is C13H13ClFNO3. The second kappa shape index (κ2) is 5.17. The van der Waals surface area contributed by atoms with Gasteiger partial charge in [-0.1, -0.05) is 18.5 Å². The van der Waals surface area contributed by atoms with E-state index in [2.05, 4.69) is 0 Å². The Bertz CT molecular complexity index is 535. The lowest BCUT2D eigenvalue weighted by atomic mass is 10.0. The van der Waals surface area contributed by atoms with E-state index in [-0.39, 0.29) is 16.5 Å². The van der Waals surface area contributed by atoms with Crippen molar-refractivity contribution in [1.29, 1.82) is 0 Å². The molecule has 4 nitrogen and oxygen atoms in total. The van der Waals surface area contributed by atoms with Crippen LogP contribution in [0.1, 0.15) is 23.7 Å². The van der Waals surface area contributed by atoms with E-state index in [1.54, 1.807) is 6.92 Å². The van der Waals surface area contributed by atoms with Gasteiger partial charge in [0.1, 0.15) is 11.9 Å². The third-order valence-electron chi connectivity index (χ3n) is 3.38. The van der Waals surface area contributed by atoms with Gasteiger partial charge in [0.25, 0.3) is 5.91 Å². The molecule has 1 fully saturated rings. The standard InChI is InChI=1S/C13H13ClFNO3/c1-7-4-5-16(11(7)13(18)19)12(17)9-3-2-8(14)6-10(9)15/h2-3,6-7,11H,4-5H2,1H3,(H,18,19). The number of rotatable bonds is 2. The van der Waals surface area contributed by atoms with E-state index < -0.39 is 23.7 Å². The van der Waals surface area contributed by atoms with Gasteiger partial charge in [-0.25, -0.2) is 9.18 Å². The molecule has 0 aromatic heterocycles. The third-order valence-corrected chi connectivity index (χ3v) is 3.61. The number of nitrogens with zero attached hydrogens (tertiary/aromatic N) is 1. The number of benzene rings is 1. The minimum Gasteiger partial charge on any atom is -0.480 e. The van der Waals surface area contributed by atoms with Gasteiger partial charge >= 0.3 is 5.97 Å². The van der Waals surface area contributed by atoms with Crippen LogP contribution >= 0.6 is 11.6 Å². The first-order chi connectivity index (χ1) is 8.91. The van der Waals surface area contributed by atoms with Gasteiger partial charge in [0.15, 0.2) is 0 Å². The van der Waals surface area contributed by atoms with E-state index in [0.29, 0.717) is 13.0 Å². The highest BCUT2D eigenvalue weighted by atomic mass is 35.5. The molecule has 1 amide bonds. The second-order valence-corrected chi connectivity index (χ2v) is 5.11. The second-order valence-electron chi connectivity index (χ2n) is 4.67. The molecule has 0 aliphatic carbocycles. The van der Waals surface area contributed by atoms with Crippen molar-refractivity contribution in [2.75, 3.05) is 6.54 Å². The number of carboxylic acids is 1. The van der Waals surface area contributed by atoms with Gasteiger partial charge in [-0.05, 0) is 30.5 Å². The molecule has 102 valence electrons. The summed E-state index contributed by atoms with van der Waals surface area (Å²) in [6.07, 6.45) is 0.595. The Morgan fingerprint density at radius 3 is 2.74 bits per heavy atom. The number of carboxylic acid groups (broad SMARTS) is 1. The minimum atomic E-state index is -1.06. The lowest BCUT2D eigenvalue weighted by Crippen LogP contribution is -2.43. The Hall–Kier alpha value is -1.62. The average Bonchev–Trinajstić information content (AvgIpc) is 2.70. The lowest BCUT2D eigenvalue weighted by Gasteiger charge is -2.23. The molecule has 1 aliphatic rings. The fourth-order valence-electron chi connectivity index (χ4n) is 2.37. The van der Waals surface area contributed by atoms with Crippen LogP contribution in [0.15, 0.2) is 18.2 Å². The fraction of sp³-hybridized carbons (Fsp3) is 0.385. The molecule has 6 heteroatoms. The molecule has 1 heterocycles. The summed E-state index contributed by atoms with van der Waals surface area (Å²) in [6, 6.07) is 2.83. The van der Waals surface area contributed by atoms with E-state index in [4.69, 9.17) is 16.7 Å². The third kappa shape index (κ3) is 2.56. The van der Waals surface area contributed by atoms with Crippen LogP contribution in [0.5, 0.6) is 0 Å². The summed E-state index contributed by atoms with van der Waals surface area (Å²) in [5.41, 5.74) is -0.148. The average molecular weight is 286 g/mol. The zero-order chi connectivity index (χ0) is 14.2. The molecule has 1 aromatic rings. The van der Waals surface area contributed by atoms with Crippen molar-refractivity contribution in [2.24, 2.45) is 5.92 Å². The SMILES string of the molecule is CC1CCN(C(=O)c2ccc(Cl)cc2F)C1C(=O)O. The van der Waals surface area contributed by atoms with Gasteiger partial charge in [0, 0.05) is 11.6 Å². The number of carbonyl (C=O) groups is 2. The lowest BCUT2D eigenvalue weighted by molar-refractivity contribution is -0.142. The number of hydrogen-bond acceptors (Lipinski definition) is 2. The molecule has 2 unspecified atom stereocenters. The van der Waals surface area contributed by atoms with Gasteiger partial charge < -0.3 is 10.0 Å². The van der Waals surface area contributed by atoms with Crippen LogP contribution in [-0.4, -0.2) is 34.5 Å². The van der Waals surface area contributed by atoms with Crippen LogP contribution < -0.4 is 0 Å². The zero-order valence-electron chi connectivity index (χ0n) is 10.3. The Labute approximate surface area is 114 Å². The first-order valence-corrected chi connectivity index (χ1v) is 6.28. The maximum absolute atomic E-state index is 13.7. The van der Waals surface area contributed by atoms with Crippen LogP contribution in [0.3, 0.4) is 0 Å². The zero-order valence-corrected chi connectivity index (χ0v) is 11.0. The molecule has 0 bridgehead atoms. The van der Waals surface area contributed by atoms with Crippen LogP contribution in [0.25, 0.3) is 0 Å². The van der Waals surface area contributed by atoms with Gasteiger partial charge in [0.05, 0.1) is 5.56 Å². The molecule has 0 spiro atoms. The molecule has 19 heavy (non-hydrogen) atoms. The molecular weight excluding hydrogens is 273 g/mol. The van der Waals surface area contributed by atoms with Gasteiger partial charge in [-0.2, -0.15) is 0 Å². The van der Waals surface area contributed by atoms with Crippen LogP contribution in [0.2, 0.25) is 5.02 Å². The summed E-state index contributed by atoms with van der Waals surface area (Å²) >= 11 is 5.62. The van der Waals surface area contributed by atoms with Crippen molar-refractivity contribution >= 4 is 23.5 Å². The summed E-state index contributed by atoms with van der Waals surface area (Å²) in [7, 11) is 0. The molecule has 1 aromatic carbocycles. The minimum absolute atomic E-state index is 0.142. The number of hydrogen-bond donors (Lipinski definition) is 1. The Morgan fingerprint density at radius 1 is 1.47 bits per heavy atom. The molecule has 0 radical (unpaired) electrons. The highest BCUT2D eigenvalue weighted by Gasteiger charge is 2.40. The Morgan fingerprint density at radius 2 is 2.16 bits per heavy atom. The Balaban J connectivity index is 2.31. The van der Waals surface area contributed by atoms with Crippen molar-refractivity contribution in [2.45, 2.75) is 19.4 Å². The normalized spacial score (nSPS) is 22.6. The van der Waals surface area contributed by atoms with E-state index in [1.165, 1.54) is 17.0 Å². The highest BCUT2D eigenvalue weighted by Crippen LogP contribution is 2.27. The van der Waals surface area contributed by atoms with Crippen molar-refractivity contribution < 1.29 is 19.1 Å². The van der Waals surface area contributed by atoms with Crippen molar-refractivity contribution in [1.82, 2.24) is 4.90 Å². The molecule has 1 saturated heterocycles.